The molecule has 0 aliphatic carbocycles. The molecule has 0 saturated carbocycles. The maximum atomic E-state index is 12.8. The lowest BCUT2D eigenvalue weighted by Gasteiger charge is -2.30. The summed E-state index contributed by atoms with van der Waals surface area (Å²) >= 11 is 4.39. The fourth-order valence-electron chi connectivity index (χ4n) is 3.62. The number of nitrogens with one attached hydrogen (secondary N) is 3. The number of hydrogen-bond donors (Lipinski definition) is 3. The molecule has 4 aliphatic heterocycles. The number of morpholine rings is 2. The summed E-state index contributed by atoms with van der Waals surface area (Å²) in [5.41, 5.74) is 0. The van der Waals surface area contributed by atoms with E-state index in [1.807, 2.05) is 6.07 Å². The molecule has 0 aromatic carbocycles. The average Bonchev–Trinajstić information content (AvgIpc) is 2.85. The molecule has 13 heteroatoms. The van der Waals surface area contributed by atoms with Crippen LogP contribution in [0.4, 0.5) is 21.8 Å². The molecule has 0 amide bonds. The van der Waals surface area contributed by atoms with E-state index in [2.05, 4.69) is 88.1 Å². The number of pyridine rings is 2. The minimum atomic E-state index is -0.449. The Kier molecular flexibility index (Phi) is 12.1. The first kappa shape index (κ1) is 28.9. The smallest absolute Gasteiger partial charge is 0.215 e. The molecule has 4 fully saturated rings. The number of nitrogens with zero attached hydrogens (tertiary/aromatic N) is 3. The van der Waals surface area contributed by atoms with Gasteiger partial charge in [0, 0.05) is 39.4 Å². The Morgan fingerprint density at radius 1 is 0.757 bits per heavy atom. The van der Waals surface area contributed by atoms with E-state index >= 15 is 0 Å². The maximum Gasteiger partial charge on any atom is 0.215 e. The van der Waals surface area contributed by atoms with E-state index in [0.717, 1.165) is 81.0 Å². The lowest BCUT2D eigenvalue weighted by Crippen LogP contribution is -2.41. The van der Waals surface area contributed by atoms with E-state index in [-0.39, 0.29) is 6.04 Å². The number of rotatable bonds is 5. The van der Waals surface area contributed by atoms with Crippen molar-refractivity contribution in [1.82, 2.24) is 15.3 Å². The normalized spacial score (nSPS) is 19.8. The van der Waals surface area contributed by atoms with Crippen LogP contribution >= 0.6 is 45.2 Å². The van der Waals surface area contributed by atoms with Gasteiger partial charge in [-0.1, -0.05) is 0 Å². The van der Waals surface area contributed by atoms with Gasteiger partial charge in [-0.25, -0.2) is 9.97 Å². The standard InChI is InChI=1S/C12H16IN3O2.C8H8FIN2O.C4H9NO/c13-9-5-11(14-10-7-18-8-10)15-12(6-9)16-1-3-17-4-2-16;9-7-1-5(10)2-8(12-7)11-6-3-13-4-6;1-3-6-4-2-5-1/h5-6,10H,1-4,7-8H2,(H,14,15);1-2,6H,3-4H2,(H,11,12);5H,1-4H2. The van der Waals surface area contributed by atoms with Gasteiger partial charge in [0.25, 0.3) is 0 Å². The van der Waals surface area contributed by atoms with Crippen molar-refractivity contribution in [3.63, 3.8) is 0 Å². The predicted octanol–water partition coefficient (Wildman–Crippen LogP) is 2.58. The Balaban J connectivity index is 0.000000146. The third kappa shape index (κ3) is 10.2. The molecule has 4 saturated heterocycles. The van der Waals surface area contributed by atoms with Crippen LogP contribution in [-0.4, -0.2) is 101 Å². The molecule has 0 bridgehead atoms. The van der Waals surface area contributed by atoms with Gasteiger partial charge in [0.1, 0.15) is 17.5 Å². The van der Waals surface area contributed by atoms with Crippen LogP contribution in [-0.2, 0) is 18.9 Å². The molecule has 6 rings (SSSR count). The lowest BCUT2D eigenvalue weighted by atomic mass is 10.2. The fraction of sp³-hybridized carbons (Fsp3) is 0.583. The highest BCUT2D eigenvalue weighted by Gasteiger charge is 2.20. The molecular weight excluding hydrogens is 709 g/mol. The maximum absolute atomic E-state index is 12.8. The third-order valence-corrected chi connectivity index (χ3v) is 6.94. The van der Waals surface area contributed by atoms with Gasteiger partial charge in [-0.2, -0.15) is 4.39 Å². The van der Waals surface area contributed by atoms with Crippen molar-refractivity contribution < 1.29 is 23.3 Å². The SMILES string of the molecule is C1COCCN1.Fc1cc(I)cc(NC2COC2)n1.Ic1cc(NC2COC2)nc(N2CCOCC2)c1. The number of aromatic nitrogens is 2. The molecule has 0 unspecified atom stereocenters. The highest BCUT2D eigenvalue weighted by molar-refractivity contribution is 14.1. The fourth-order valence-corrected chi connectivity index (χ4v) is 4.75. The van der Waals surface area contributed by atoms with Crippen LogP contribution in [0.25, 0.3) is 0 Å². The minimum Gasteiger partial charge on any atom is -0.379 e. The highest BCUT2D eigenvalue weighted by Crippen LogP contribution is 2.22. The van der Waals surface area contributed by atoms with E-state index in [1.54, 1.807) is 0 Å². The van der Waals surface area contributed by atoms with E-state index in [9.17, 15) is 4.39 Å². The minimum absolute atomic E-state index is 0.282. The highest BCUT2D eigenvalue weighted by atomic mass is 127. The number of ether oxygens (including phenoxy) is 4. The summed E-state index contributed by atoms with van der Waals surface area (Å²) < 4.78 is 35.4. The van der Waals surface area contributed by atoms with Crippen molar-refractivity contribution in [2.24, 2.45) is 0 Å². The van der Waals surface area contributed by atoms with Crippen LogP contribution < -0.4 is 20.9 Å². The van der Waals surface area contributed by atoms with Gasteiger partial charge >= 0.3 is 0 Å². The molecule has 3 N–H and O–H groups in total. The number of halogens is 3. The first-order chi connectivity index (χ1) is 18.0. The van der Waals surface area contributed by atoms with Crippen LogP contribution in [0.1, 0.15) is 0 Å². The van der Waals surface area contributed by atoms with Gasteiger partial charge in [-0.15, -0.1) is 0 Å². The van der Waals surface area contributed by atoms with Gasteiger partial charge in [0.2, 0.25) is 5.95 Å². The number of hydrogen-bond acceptors (Lipinski definition) is 10. The van der Waals surface area contributed by atoms with Crippen LogP contribution in [0.5, 0.6) is 0 Å². The summed E-state index contributed by atoms with van der Waals surface area (Å²) in [7, 11) is 0. The summed E-state index contributed by atoms with van der Waals surface area (Å²) in [6.07, 6.45) is 0. The van der Waals surface area contributed by atoms with Gasteiger partial charge in [0.15, 0.2) is 0 Å². The summed E-state index contributed by atoms with van der Waals surface area (Å²) in [6.45, 7) is 10.1. The number of anilines is 3. The molecule has 10 nitrogen and oxygen atoms in total. The molecule has 2 aromatic heterocycles. The molecule has 0 spiro atoms. The van der Waals surface area contributed by atoms with E-state index in [1.165, 1.54) is 9.64 Å². The predicted molar refractivity (Wildman–Crippen MR) is 157 cm³/mol. The van der Waals surface area contributed by atoms with Crippen molar-refractivity contribution in [3.05, 3.63) is 37.4 Å². The Labute approximate surface area is 244 Å². The zero-order valence-corrected chi connectivity index (χ0v) is 24.9. The van der Waals surface area contributed by atoms with Gasteiger partial charge < -0.3 is 39.8 Å². The second-order valence-corrected chi connectivity index (χ2v) is 11.2. The van der Waals surface area contributed by atoms with Gasteiger partial charge in [-0.05, 0) is 63.4 Å². The summed E-state index contributed by atoms with van der Waals surface area (Å²) in [5.74, 6) is 2.11. The summed E-state index contributed by atoms with van der Waals surface area (Å²) in [5, 5.41) is 9.64. The van der Waals surface area contributed by atoms with E-state index in [4.69, 9.17) is 18.9 Å². The molecule has 6 heterocycles. The zero-order valence-electron chi connectivity index (χ0n) is 20.6. The first-order valence-electron chi connectivity index (χ1n) is 12.4. The Bertz CT molecular complexity index is 944. The van der Waals surface area contributed by atoms with E-state index < -0.39 is 5.95 Å². The third-order valence-electron chi connectivity index (χ3n) is 5.70. The molecule has 37 heavy (non-hydrogen) atoms. The van der Waals surface area contributed by atoms with Crippen molar-refractivity contribution in [1.29, 1.82) is 0 Å². The summed E-state index contributed by atoms with van der Waals surface area (Å²) in [6, 6.07) is 8.08. The quantitative estimate of drug-likeness (QED) is 0.314. The molecular formula is C24H33FI2N6O4. The van der Waals surface area contributed by atoms with Crippen LogP contribution in [0.15, 0.2) is 24.3 Å². The zero-order chi connectivity index (χ0) is 25.9. The second-order valence-electron chi connectivity index (χ2n) is 8.74. The lowest BCUT2D eigenvalue weighted by molar-refractivity contribution is 0.0209. The van der Waals surface area contributed by atoms with Gasteiger partial charge in [0.05, 0.1) is 64.9 Å². The Hall–Kier alpha value is -1.11. The molecule has 0 radical (unpaired) electrons. The van der Waals surface area contributed by atoms with Gasteiger partial charge in [-0.3, -0.25) is 0 Å². The van der Waals surface area contributed by atoms with E-state index in [0.29, 0.717) is 25.1 Å². The summed E-state index contributed by atoms with van der Waals surface area (Å²) in [4.78, 5) is 10.7. The largest absolute Gasteiger partial charge is 0.379 e. The second kappa shape index (κ2) is 15.5. The molecule has 204 valence electrons. The molecule has 4 aliphatic rings. The van der Waals surface area contributed by atoms with Crippen molar-refractivity contribution in [2.75, 3.05) is 94.6 Å². The Morgan fingerprint density at radius 2 is 1.30 bits per heavy atom. The van der Waals surface area contributed by atoms with Crippen LogP contribution in [0.3, 0.4) is 0 Å². The molecule has 0 atom stereocenters. The first-order valence-corrected chi connectivity index (χ1v) is 14.5. The van der Waals surface area contributed by atoms with Crippen molar-refractivity contribution >= 4 is 62.6 Å². The van der Waals surface area contributed by atoms with Crippen LogP contribution in [0.2, 0.25) is 0 Å². The topological polar surface area (TPSA) is 102 Å². The van der Waals surface area contributed by atoms with Crippen LogP contribution in [0, 0.1) is 13.1 Å². The van der Waals surface area contributed by atoms with Crippen molar-refractivity contribution in [3.8, 4) is 0 Å². The Morgan fingerprint density at radius 3 is 1.76 bits per heavy atom. The average molecular weight is 742 g/mol. The monoisotopic (exact) mass is 742 g/mol. The molecule has 2 aromatic rings. The van der Waals surface area contributed by atoms with Crippen molar-refractivity contribution in [2.45, 2.75) is 12.1 Å².